The van der Waals surface area contributed by atoms with Crippen molar-refractivity contribution in [1.82, 2.24) is 0 Å². The van der Waals surface area contributed by atoms with Crippen molar-refractivity contribution in [2.24, 2.45) is 10.2 Å². The Morgan fingerprint density at radius 3 is 1.30 bits per heavy atom. The summed E-state index contributed by atoms with van der Waals surface area (Å²) in [7, 11) is 0. The average Bonchev–Trinajstić information content (AvgIpc) is 2.71. The molecule has 0 atom stereocenters. The van der Waals surface area contributed by atoms with Gasteiger partial charge < -0.3 is 23.7 Å². The van der Waals surface area contributed by atoms with Crippen LogP contribution in [0.5, 0.6) is 11.5 Å². The molecule has 1 heterocycles. The zero-order chi connectivity index (χ0) is 18.6. The second-order valence-corrected chi connectivity index (χ2v) is 5.67. The predicted octanol–water partition coefficient (Wildman–Crippen LogP) is 3.92. The third kappa shape index (κ3) is 6.63. The van der Waals surface area contributed by atoms with Gasteiger partial charge in [0.2, 0.25) is 0 Å². The van der Waals surface area contributed by atoms with Crippen LogP contribution in [0.4, 0.5) is 11.4 Å². The molecule has 1 aliphatic rings. The number of rotatable bonds is 0. The molecule has 0 saturated heterocycles. The van der Waals surface area contributed by atoms with E-state index in [4.69, 9.17) is 23.7 Å². The van der Waals surface area contributed by atoms with Crippen LogP contribution in [-0.4, -0.2) is 52.9 Å². The van der Waals surface area contributed by atoms with E-state index in [0.29, 0.717) is 75.7 Å². The van der Waals surface area contributed by atoms with Gasteiger partial charge in [-0.15, -0.1) is 10.2 Å². The Balaban J connectivity index is 1.72. The molecule has 0 fully saturated rings. The van der Waals surface area contributed by atoms with Crippen LogP contribution in [0.3, 0.4) is 0 Å². The van der Waals surface area contributed by atoms with Crippen molar-refractivity contribution >= 4 is 11.4 Å². The molecule has 7 heteroatoms. The predicted molar refractivity (Wildman–Crippen MR) is 101 cm³/mol. The number of benzene rings is 2. The molecule has 27 heavy (non-hydrogen) atoms. The molecule has 0 radical (unpaired) electrons. The van der Waals surface area contributed by atoms with E-state index in [0.717, 1.165) is 0 Å². The largest absolute Gasteiger partial charge is 0.489 e. The number of hydrogen-bond acceptors (Lipinski definition) is 7. The van der Waals surface area contributed by atoms with Crippen LogP contribution in [0.25, 0.3) is 0 Å². The molecule has 0 amide bonds. The molecule has 2 aromatic rings. The summed E-state index contributed by atoms with van der Waals surface area (Å²) in [5.41, 5.74) is 1.30. The summed E-state index contributed by atoms with van der Waals surface area (Å²) >= 11 is 0. The van der Waals surface area contributed by atoms with Crippen LogP contribution in [0.1, 0.15) is 0 Å². The number of nitrogens with zero attached hydrogens (tertiary/aromatic N) is 2. The third-order valence-corrected chi connectivity index (χ3v) is 3.71. The Bertz CT molecular complexity index is 664. The Morgan fingerprint density at radius 1 is 0.481 bits per heavy atom. The summed E-state index contributed by atoms with van der Waals surface area (Å²) in [6.07, 6.45) is 0. The van der Waals surface area contributed by atoms with Gasteiger partial charge in [-0.05, 0) is 24.3 Å². The van der Waals surface area contributed by atoms with Crippen LogP contribution in [0.15, 0.2) is 58.8 Å². The van der Waals surface area contributed by atoms with Crippen LogP contribution < -0.4 is 9.47 Å². The van der Waals surface area contributed by atoms with E-state index < -0.39 is 0 Å². The van der Waals surface area contributed by atoms with Crippen LogP contribution in [0, 0.1) is 0 Å². The van der Waals surface area contributed by atoms with Gasteiger partial charge in [0, 0.05) is 0 Å². The molecule has 1 aliphatic heterocycles. The van der Waals surface area contributed by atoms with E-state index in [1.807, 2.05) is 48.5 Å². The molecule has 0 aromatic heterocycles. The molecule has 0 saturated carbocycles. The van der Waals surface area contributed by atoms with Crippen LogP contribution in [0.2, 0.25) is 0 Å². The van der Waals surface area contributed by atoms with E-state index in [-0.39, 0.29) is 0 Å². The van der Waals surface area contributed by atoms with Gasteiger partial charge in [0.15, 0.2) is 0 Å². The zero-order valence-electron chi connectivity index (χ0n) is 15.2. The summed E-state index contributed by atoms with van der Waals surface area (Å²) in [6, 6.07) is 15.0. The van der Waals surface area contributed by atoms with Crippen LogP contribution >= 0.6 is 0 Å². The van der Waals surface area contributed by atoms with E-state index in [1.54, 1.807) is 0 Å². The lowest BCUT2D eigenvalue weighted by molar-refractivity contribution is 0.00506. The fraction of sp³-hybridized carbons (Fsp3) is 0.400. The molecule has 0 bridgehead atoms. The smallest absolute Gasteiger partial charge is 0.146 e. The molecular weight excluding hydrogens is 348 g/mol. The van der Waals surface area contributed by atoms with Crippen molar-refractivity contribution in [2.75, 3.05) is 52.9 Å². The fourth-order valence-corrected chi connectivity index (χ4v) is 2.39. The number of azo groups is 1. The number of ether oxygens (including phenoxy) is 5. The zero-order valence-corrected chi connectivity index (χ0v) is 15.2. The van der Waals surface area contributed by atoms with Gasteiger partial charge in [-0.2, -0.15) is 0 Å². The van der Waals surface area contributed by atoms with Gasteiger partial charge in [-0.3, -0.25) is 0 Å². The lowest BCUT2D eigenvalue weighted by Gasteiger charge is -2.09. The standard InChI is InChI=1S/C20H24N2O5/c1-3-7-19-17(5-1)21-22-18-6-2-4-8-20(18)27-16-14-25-12-10-23-9-11-24-13-15-26-19/h1-8H,9-16H2. The first-order chi connectivity index (χ1) is 13.4. The third-order valence-electron chi connectivity index (χ3n) is 3.71. The Morgan fingerprint density at radius 2 is 0.852 bits per heavy atom. The highest BCUT2D eigenvalue weighted by Gasteiger charge is 2.05. The highest BCUT2D eigenvalue weighted by atomic mass is 16.6. The highest BCUT2D eigenvalue weighted by Crippen LogP contribution is 2.32. The summed E-state index contributed by atoms with van der Waals surface area (Å²) in [5.74, 6) is 1.32. The molecule has 0 aliphatic carbocycles. The second kappa shape index (κ2) is 11.3. The van der Waals surface area contributed by atoms with E-state index in [1.165, 1.54) is 0 Å². The molecule has 144 valence electrons. The molecule has 2 aromatic carbocycles. The van der Waals surface area contributed by atoms with Crippen molar-refractivity contribution in [3.63, 3.8) is 0 Å². The van der Waals surface area contributed by atoms with Crippen molar-refractivity contribution in [3.05, 3.63) is 48.5 Å². The minimum Gasteiger partial charge on any atom is -0.489 e. The summed E-state index contributed by atoms with van der Waals surface area (Å²) in [5, 5.41) is 8.67. The lowest BCUT2D eigenvalue weighted by Crippen LogP contribution is -2.14. The van der Waals surface area contributed by atoms with Crippen molar-refractivity contribution in [1.29, 1.82) is 0 Å². The first-order valence-corrected chi connectivity index (χ1v) is 9.02. The molecular formula is C20H24N2O5. The number of hydrogen-bond donors (Lipinski definition) is 0. The van der Waals surface area contributed by atoms with E-state index in [2.05, 4.69) is 10.2 Å². The monoisotopic (exact) mass is 372 g/mol. The van der Waals surface area contributed by atoms with E-state index in [9.17, 15) is 0 Å². The van der Waals surface area contributed by atoms with Gasteiger partial charge >= 0.3 is 0 Å². The second-order valence-electron chi connectivity index (χ2n) is 5.67. The Kier molecular flexibility index (Phi) is 8.06. The maximum atomic E-state index is 5.77. The van der Waals surface area contributed by atoms with Gasteiger partial charge in [0.25, 0.3) is 0 Å². The molecule has 0 spiro atoms. The normalized spacial score (nSPS) is 17.2. The topological polar surface area (TPSA) is 70.9 Å². The minimum absolute atomic E-state index is 0.426. The molecule has 3 rings (SSSR count). The summed E-state index contributed by atoms with van der Waals surface area (Å²) in [6.45, 7) is 3.89. The fourth-order valence-electron chi connectivity index (χ4n) is 2.39. The molecule has 0 unspecified atom stereocenters. The van der Waals surface area contributed by atoms with Crippen molar-refractivity contribution in [2.45, 2.75) is 0 Å². The number of fused-ring (bicyclic) bond motifs is 2. The molecule has 0 N–H and O–H groups in total. The lowest BCUT2D eigenvalue weighted by atomic mass is 10.3. The van der Waals surface area contributed by atoms with Gasteiger partial charge in [0.05, 0.1) is 39.6 Å². The highest BCUT2D eigenvalue weighted by molar-refractivity contribution is 5.54. The van der Waals surface area contributed by atoms with Gasteiger partial charge in [0.1, 0.15) is 36.1 Å². The van der Waals surface area contributed by atoms with E-state index >= 15 is 0 Å². The minimum atomic E-state index is 0.426. The quantitative estimate of drug-likeness (QED) is 0.701. The average molecular weight is 372 g/mol. The molecule has 7 nitrogen and oxygen atoms in total. The SMILES string of the molecule is c1ccc2c(c1)N=Nc1ccccc1OCCOCCOCCOCCO2. The maximum absolute atomic E-state index is 5.77. The first kappa shape index (κ1) is 19.3. The van der Waals surface area contributed by atoms with Crippen molar-refractivity contribution in [3.8, 4) is 11.5 Å². The maximum Gasteiger partial charge on any atom is 0.146 e. The van der Waals surface area contributed by atoms with Gasteiger partial charge in [-0.25, -0.2) is 0 Å². The van der Waals surface area contributed by atoms with Crippen LogP contribution in [-0.2, 0) is 14.2 Å². The summed E-state index contributed by atoms with van der Waals surface area (Å²) < 4.78 is 28.0. The number of para-hydroxylation sites is 2. The Hall–Kier alpha value is -2.48. The van der Waals surface area contributed by atoms with Crippen molar-refractivity contribution < 1.29 is 23.7 Å². The van der Waals surface area contributed by atoms with Gasteiger partial charge in [-0.1, -0.05) is 24.3 Å². The summed E-state index contributed by atoms with van der Waals surface area (Å²) in [4.78, 5) is 0. The first-order valence-electron chi connectivity index (χ1n) is 9.02. The Labute approximate surface area is 158 Å².